The Balaban J connectivity index is 1.30. The van der Waals surface area contributed by atoms with Gasteiger partial charge in [-0.1, -0.05) is 18.2 Å². The predicted octanol–water partition coefficient (Wildman–Crippen LogP) is 4.20. The molecule has 3 aromatic heterocycles. The van der Waals surface area contributed by atoms with Gasteiger partial charge in [0.2, 0.25) is 0 Å². The molecule has 1 fully saturated rings. The van der Waals surface area contributed by atoms with E-state index in [9.17, 15) is 0 Å². The first kappa shape index (κ1) is 17.3. The highest BCUT2D eigenvalue weighted by Gasteiger charge is 2.23. The first-order valence-electron chi connectivity index (χ1n) is 10.0. The zero-order chi connectivity index (χ0) is 19.1. The Hall–Kier alpha value is -2.79. The van der Waals surface area contributed by atoms with E-state index in [1.54, 1.807) is 0 Å². The topological polar surface area (TPSA) is 46.8 Å². The number of para-hydroxylation sites is 1. The number of nitrogens with zero attached hydrogens (tertiary/aromatic N) is 5. The van der Waals surface area contributed by atoms with Crippen molar-refractivity contribution in [2.75, 3.05) is 13.1 Å². The second kappa shape index (κ2) is 6.99. The molecule has 28 heavy (non-hydrogen) atoms. The molecular formula is C23H25N5. The Morgan fingerprint density at radius 2 is 1.82 bits per heavy atom. The minimum absolute atomic E-state index is 0.532. The van der Waals surface area contributed by atoms with Crippen molar-refractivity contribution < 1.29 is 0 Å². The normalized spacial score (nSPS) is 16.2. The van der Waals surface area contributed by atoms with E-state index in [0.29, 0.717) is 5.92 Å². The number of aryl methyl sites for hydroxylation is 2. The minimum atomic E-state index is 0.532. The van der Waals surface area contributed by atoms with Crippen LogP contribution < -0.4 is 0 Å². The van der Waals surface area contributed by atoms with E-state index in [4.69, 9.17) is 4.98 Å². The van der Waals surface area contributed by atoms with Gasteiger partial charge in [-0.15, -0.1) is 0 Å². The van der Waals surface area contributed by atoms with E-state index >= 15 is 0 Å². The lowest BCUT2D eigenvalue weighted by molar-refractivity contribution is 0.204. The summed E-state index contributed by atoms with van der Waals surface area (Å²) in [5, 5.41) is 6.93. The van der Waals surface area contributed by atoms with Gasteiger partial charge in [-0.05, 0) is 62.7 Å². The molecule has 0 spiro atoms. The van der Waals surface area contributed by atoms with E-state index < -0.39 is 0 Å². The van der Waals surface area contributed by atoms with E-state index in [1.165, 1.54) is 16.6 Å². The summed E-state index contributed by atoms with van der Waals surface area (Å²) in [6, 6.07) is 15.0. The molecule has 0 atom stereocenters. The molecule has 4 aromatic rings. The Morgan fingerprint density at radius 1 is 1.00 bits per heavy atom. The van der Waals surface area contributed by atoms with Crippen LogP contribution in [0.25, 0.3) is 21.9 Å². The Labute approximate surface area is 165 Å². The highest BCUT2D eigenvalue weighted by Crippen LogP contribution is 2.30. The number of likely N-dealkylation sites (tertiary alicyclic amines) is 1. The van der Waals surface area contributed by atoms with Gasteiger partial charge in [-0.3, -0.25) is 14.6 Å². The number of fused-ring (bicyclic) bond motifs is 2. The maximum absolute atomic E-state index is 4.94. The van der Waals surface area contributed by atoms with Gasteiger partial charge in [0.05, 0.1) is 11.2 Å². The van der Waals surface area contributed by atoms with Crippen molar-refractivity contribution in [1.29, 1.82) is 0 Å². The number of piperidine rings is 1. The molecule has 1 aliphatic heterocycles. The first-order valence-corrected chi connectivity index (χ1v) is 10.0. The van der Waals surface area contributed by atoms with Crippen molar-refractivity contribution in [2.24, 2.45) is 7.05 Å². The zero-order valence-corrected chi connectivity index (χ0v) is 16.5. The monoisotopic (exact) mass is 371 g/mol. The third kappa shape index (κ3) is 3.06. The Kier molecular flexibility index (Phi) is 4.32. The van der Waals surface area contributed by atoms with Crippen LogP contribution in [0, 0.1) is 6.92 Å². The number of rotatable bonds is 3. The van der Waals surface area contributed by atoms with Crippen LogP contribution in [0.15, 0.2) is 48.7 Å². The van der Waals surface area contributed by atoms with Crippen LogP contribution in [0.1, 0.15) is 35.7 Å². The lowest BCUT2D eigenvalue weighted by Crippen LogP contribution is -2.32. The smallest absolute Gasteiger partial charge is 0.158 e. The van der Waals surface area contributed by atoms with Crippen LogP contribution in [-0.2, 0) is 13.6 Å². The second-order valence-electron chi connectivity index (χ2n) is 7.85. The summed E-state index contributed by atoms with van der Waals surface area (Å²) in [7, 11) is 1.98. The van der Waals surface area contributed by atoms with E-state index in [-0.39, 0.29) is 0 Å². The Morgan fingerprint density at radius 3 is 2.68 bits per heavy atom. The predicted molar refractivity (Wildman–Crippen MR) is 112 cm³/mol. The van der Waals surface area contributed by atoms with Crippen LogP contribution in [0.4, 0.5) is 0 Å². The lowest BCUT2D eigenvalue weighted by atomic mass is 9.92. The van der Waals surface area contributed by atoms with Crippen molar-refractivity contribution in [1.82, 2.24) is 24.6 Å². The molecule has 5 rings (SSSR count). The molecule has 1 saturated heterocycles. The summed E-state index contributed by atoms with van der Waals surface area (Å²) in [5.74, 6) is 0.532. The van der Waals surface area contributed by atoms with Crippen molar-refractivity contribution in [3.63, 3.8) is 0 Å². The van der Waals surface area contributed by atoms with Crippen molar-refractivity contribution in [3.8, 4) is 0 Å². The van der Waals surface area contributed by atoms with Gasteiger partial charge in [0.15, 0.2) is 5.65 Å². The fraction of sp³-hybridized carbons (Fsp3) is 0.348. The van der Waals surface area contributed by atoms with Gasteiger partial charge < -0.3 is 0 Å². The third-order valence-electron chi connectivity index (χ3n) is 6.03. The van der Waals surface area contributed by atoms with Crippen molar-refractivity contribution >= 4 is 21.9 Å². The third-order valence-corrected chi connectivity index (χ3v) is 6.03. The molecule has 1 aromatic carbocycles. The molecule has 0 unspecified atom stereocenters. The van der Waals surface area contributed by atoms with Crippen LogP contribution >= 0.6 is 0 Å². The molecule has 0 radical (unpaired) electrons. The first-order chi connectivity index (χ1) is 13.7. The van der Waals surface area contributed by atoms with E-state index in [2.05, 4.69) is 57.4 Å². The SMILES string of the molecule is Cc1nn(C)c2nc(C3CCN(Cc4ccnc5ccccc45)CC3)ccc12. The zero-order valence-electron chi connectivity index (χ0n) is 16.5. The number of hydrogen-bond donors (Lipinski definition) is 0. The van der Waals surface area contributed by atoms with Gasteiger partial charge in [0, 0.05) is 42.2 Å². The van der Waals surface area contributed by atoms with Gasteiger partial charge in [-0.25, -0.2) is 4.98 Å². The molecule has 0 amide bonds. The largest absolute Gasteiger partial charge is 0.299 e. The van der Waals surface area contributed by atoms with Gasteiger partial charge in [-0.2, -0.15) is 5.10 Å². The Bertz CT molecular complexity index is 1130. The quantitative estimate of drug-likeness (QED) is 0.541. The lowest BCUT2D eigenvalue weighted by Gasteiger charge is -2.32. The molecule has 0 N–H and O–H groups in total. The van der Waals surface area contributed by atoms with Crippen molar-refractivity contribution in [3.05, 3.63) is 65.6 Å². The average Bonchev–Trinajstić information content (AvgIpc) is 3.02. The van der Waals surface area contributed by atoms with Gasteiger partial charge in [0.1, 0.15) is 0 Å². The molecular weight excluding hydrogens is 346 g/mol. The summed E-state index contributed by atoms with van der Waals surface area (Å²) < 4.78 is 1.90. The molecule has 0 aliphatic carbocycles. The van der Waals surface area contributed by atoms with Crippen LogP contribution in [-0.4, -0.2) is 37.7 Å². The molecule has 1 aliphatic rings. The maximum Gasteiger partial charge on any atom is 0.158 e. The fourth-order valence-corrected chi connectivity index (χ4v) is 4.47. The molecule has 5 nitrogen and oxygen atoms in total. The number of hydrogen-bond acceptors (Lipinski definition) is 4. The summed E-state index contributed by atoms with van der Waals surface area (Å²) >= 11 is 0. The number of aromatic nitrogens is 4. The standard InChI is InChI=1S/C23H25N5/c1-16-19-7-8-21(25-23(19)27(2)26-16)17-10-13-28(14-11-17)15-18-9-12-24-22-6-4-3-5-20(18)22/h3-9,12,17H,10-11,13-15H2,1-2H3. The molecule has 5 heteroatoms. The average molecular weight is 371 g/mol. The number of pyridine rings is 2. The molecule has 142 valence electrons. The fourth-order valence-electron chi connectivity index (χ4n) is 4.47. The van der Waals surface area contributed by atoms with Crippen LogP contribution in [0.5, 0.6) is 0 Å². The van der Waals surface area contributed by atoms with Gasteiger partial charge >= 0.3 is 0 Å². The summed E-state index contributed by atoms with van der Waals surface area (Å²) in [6.45, 7) is 5.24. The maximum atomic E-state index is 4.94. The van der Waals surface area contributed by atoms with E-state index in [1.807, 2.05) is 24.9 Å². The summed E-state index contributed by atoms with van der Waals surface area (Å²) in [6.07, 6.45) is 4.23. The van der Waals surface area contributed by atoms with Crippen LogP contribution in [0.2, 0.25) is 0 Å². The summed E-state index contributed by atoms with van der Waals surface area (Å²) in [5.41, 5.74) is 5.72. The van der Waals surface area contributed by atoms with Gasteiger partial charge in [0.25, 0.3) is 0 Å². The molecule has 4 heterocycles. The van der Waals surface area contributed by atoms with E-state index in [0.717, 1.165) is 54.7 Å². The highest BCUT2D eigenvalue weighted by atomic mass is 15.3. The minimum Gasteiger partial charge on any atom is -0.299 e. The number of benzene rings is 1. The van der Waals surface area contributed by atoms with Crippen LogP contribution in [0.3, 0.4) is 0 Å². The summed E-state index contributed by atoms with van der Waals surface area (Å²) in [4.78, 5) is 12.0. The second-order valence-corrected chi connectivity index (χ2v) is 7.85. The molecule has 0 bridgehead atoms. The highest BCUT2D eigenvalue weighted by molar-refractivity contribution is 5.81. The molecule has 0 saturated carbocycles. The van der Waals surface area contributed by atoms with Crippen molar-refractivity contribution in [2.45, 2.75) is 32.2 Å².